The fourth-order valence-corrected chi connectivity index (χ4v) is 2.15. The third-order valence-electron chi connectivity index (χ3n) is 3.26. The van der Waals surface area contributed by atoms with Crippen LogP contribution in [0.25, 0.3) is 0 Å². The molecular weight excluding hydrogens is 232 g/mol. The van der Waals surface area contributed by atoms with E-state index in [1.54, 1.807) is 11.1 Å². The van der Waals surface area contributed by atoms with Crippen LogP contribution in [0.4, 0.5) is 0 Å². The summed E-state index contributed by atoms with van der Waals surface area (Å²) >= 11 is 0. The summed E-state index contributed by atoms with van der Waals surface area (Å²) in [5, 5.41) is 8.88. The highest BCUT2D eigenvalue weighted by atomic mass is 16.4. The Balaban J connectivity index is 1.86. The average molecular weight is 248 g/mol. The zero-order chi connectivity index (χ0) is 13.0. The van der Waals surface area contributed by atoms with Gasteiger partial charge in [-0.1, -0.05) is 6.07 Å². The minimum atomic E-state index is -0.758. The number of carbonyl (C=O) groups is 2. The molecule has 1 saturated heterocycles. The molecule has 5 nitrogen and oxygen atoms in total. The third kappa shape index (κ3) is 3.06. The van der Waals surface area contributed by atoms with Gasteiger partial charge in [0.05, 0.1) is 12.3 Å². The monoisotopic (exact) mass is 248 g/mol. The molecule has 0 aliphatic carbocycles. The molecule has 1 N–H and O–H groups in total. The van der Waals surface area contributed by atoms with Gasteiger partial charge in [0.1, 0.15) is 0 Å². The summed E-state index contributed by atoms with van der Waals surface area (Å²) in [6.45, 7) is 1.06. The number of carboxylic acid groups (broad SMARTS) is 1. The van der Waals surface area contributed by atoms with Gasteiger partial charge >= 0.3 is 5.97 Å². The lowest BCUT2D eigenvalue weighted by Crippen LogP contribution is -2.41. The van der Waals surface area contributed by atoms with Crippen LogP contribution < -0.4 is 0 Å². The van der Waals surface area contributed by atoms with Crippen LogP contribution in [0.2, 0.25) is 0 Å². The minimum absolute atomic E-state index is 0.0255. The molecule has 0 radical (unpaired) electrons. The van der Waals surface area contributed by atoms with Gasteiger partial charge in [0.2, 0.25) is 5.91 Å². The first kappa shape index (κ1) is 12.5. The summed E-state index contributed by atoms with van der Waals surface area (Å²) in [5.74, 6) is -1.03. The fourth-order valence-electron chi connectivity index (χ4n) is 2.15. The molecule has 96 valence electrons. The van der Waals surface area contributed by atoms with Crippen molar-refractivity contribution in [1.29, 1.82) is 0 Å². The van der Waals surface area contributed by atoms with Crippen LogP contribution in [0.5, 0.6) is 0 Å². The molecular formula is C13H16N2O3. The van der Waals surface area contributed by atoms with Crippen molar-refractivity contribution in [3.8, 4) is 0 Å². The lowest BCUT2D eigenvalue weighted by Gasteiger charge is -2.30. The van der Waals surface area contributed by atoms with E-state index in [4.69, 9.17) is 5.11 Å². The highest BCUT2D eigenvalue weighted by Gasteiger charge is 2.26. The lowest BCUT2D eigenvalue weighted by atomic mass is 9.97. The Morgan fingerprint density at radius 2 is 2.06 bits per heavy atom. The molecule has 1 aromatic heterocycles. The Morgan fingerprint density at radius 1 is 1.33 bits per heavy atom. The maximum Gasteiger partial charge on any atom is 0.306 e. The Bertz CT molecular complexity index is 425. The van der Waals surface area contributed by atoms with E-state index < -0.39 is 5.97 Å². The minimum Gasteiger partial charge on any atom is -0.481 e. The van der Waals surface area contributed by atoms with Gasteiger partial charge in [0.15, 0.2) is 0 Å². The fraction of sp³-hybridized carbons (Fsp3) is 0.462. The van der Waals surface area contributed by atoms with Crippen LogP contribution >= 0.6 is 0 Å². The van der Waals surface area contributed by atoms with Gasteiger partial charge in [-0.2, -0.15) is 0 Å². The van der Waals surface area contributed by atoms with E-state index in [1.807, 2.05) is 18.2 Å². The second-order valence-electron chi connectivity index (χ2n) is 4.49. The van der Waals surface area contributed by atoms with E-state index in [0.717, 1.165) is 5.69 Å². The Labute approximate surface area is 105 Å². The predicted molar refractivity (Wildman–Crippen MR) is 64.9 cm³/mol. The number of nitrogens with zero attached hydrogens (tertiary/aromatic N) is 2. The Morgan fingerprint density at radius 3 is 2.61 bits per heavy atom. The molecule has 2 rings (SSSR count). The number of likely N-dealkylation sites (tertiary alicyclic amines) is 1. The molecule has 0 atom stereocenters. The molecule has 1 fully saturated rings. The van der Waals surface area contributed by atoms with E-state index in [9.17, 15) is 9.59 Å². The van der Waals surface area contributed by atoms with Crippen molar-refractivity contribution in [3.05, 3.63) is 30.1 Å². The summed E-state index contributed by atoms with van der Waals surface area (Å²) in [6.07, 6.45) is 3.05. The molecule has 0 unspecified atom stereocenters. The SMILES string of the molecule is O=C(O)C1CCN(C(=O)Cc2ccccn2)CC1. The van der Waals surface area contributed by atoms with Crippen LogP contribution in [0.15, 0.2) is 24.4 Å². The zero-order valence-electron chi connectivity index (χ0n) is 10.1. The van der Waals surface area contributed by atoms with E-state index in [1.165, 1.54) is 0 Å². The summed E-state index contributed by atoms with van der Waals surface area (Å²) < 4.78 is 0. The first-order chi connectivity index (χ1) is 8.66. The van der Waals surface area contributed by atoms with Crippen molar-refractivity contribution >= 4 is 11.9 Å². The lowest BCUT2D eigenvalue weighted by molar-refractivity contribution is -0.145. The molecule has 1 aliphatic rings. The Hall–Kier alpha value is -1.91. The van der Waals surface area contributed by atoms with Gasteiger partial charge in [0, 0.05) is 25.0 Å². The molecule has 0 bridgehead atoms. The van der Waals surface area contributed by atoms with Crippen LogP contribution in [0.1, 0.15) is 18.5 Å². The normalized spacial score (nSPS) is 16.6. The molecule has 18 heavy (non-hydrogen) atoms. The van der Waals surface area contributed by atoms with Crippen LogP contribution in [0.3, 0.4) is 0 Å². The number of hydrogen-bond acceptors (Lipinski definition) is 3. The number of piperidine rings is 1. The highest BCUT2D eigenvalue weighted by molar-refractivity contribution is 5.79. The molecule has 0 spiro atoms. The quantitative estimate of drug-likeness (QED) is 0.864. The van der Waals surface area contributed by atoms with E-state index in [0.29, 0.717) is 32.4 Å². The number of aromatic nitrogens is 1. The van der Waals surface area contributed by atoms with Crippen molar-refractivity contribution in [1.82, 2.24) is 9.88 Å². The molecule has 1 aromatic rings. The zero-order valence-corrected chi connectivity index (χ0v) is 10.1. The van der Waals surface area contributed by atoms with Crippen molar-refractivity contribution in [2.24, 2.45) is 5.92 Å². The molecule has 1 aliphatic heterocycles. The van der Waals surface area contributed by atoms with Gasteiger partial charge < -0.3 is 10.0 Å². The van der Waals surface area contributed by atoms with Crippen LogP contribution in [-0.2, 0) is 16.0 Å². The number of amides is 1. The second-order valence-corrected chi connectivity index (χ2v) is 4.49. The second kappa shape index (κ2) is 5.62. The van der Waals surface area contributed by atoms with Gasteiger partial charge in [-0.3, -0.25) is 14.6 Å². The number of carbonyl (C=O) groups excluding carboxylic acids is 1. The molecule has 5 heteroatoms. The number of hydrogen-bond donors (Lipinski definition) is 1. The Kier molecular flexibility index (Phi) is 3.92. The third-order valence-corrected chi connectivity index (χ3v) is 3.26. The number of rotatable bonds is 3. The number of aliphatic carboxylic acids is 1. The van der Waals surface area contributed by atoms with Gasteiger partial charge in [-0.25, -0.2) is 0 Å². The standard InChI is InChI=1S/C13H16N2O3/c16-12(9-11-3-1-2-6-14-11)15-7-4-10(5-8-15)13(17)18/h1-3,6,10H,4-5,7-9H2,(H,17,18). The van der Waals surface area contributed by atoms with Crippen LogP contribution in [0, 0.1) is 5.92 Å². The molecule has 2 heterocycles. The van der Waals surface area contributed by atoms with Gasteiger partial charge in [-0.05, 0) is 25.0 Å². The van der Waals surface area contributed by atoms with Crippen molar-refractivity contribution < 1.29 is 14.7 Å². The first-order valence-electron chi connectivity index (χ1n) is 6.07. The largest absolute Gasteiger partial charge is 0.481 e. The summed E-state index contributed by atoms with van der Waals surface area (Å²) in [7, 11) is 0. The first-order valence-corrected chi connectivity index (χ1v) is 6.07. The highest BCUT2D eigenvalue weighted by Crippen LogP contribution is 2.17. The molecule has 1 amide bonds. The maximum atomic E-state index is 12.0. The predicted octanol–water partition coefficient (Wildman–Crippen LogP) is 0.947. The van der Waals surface area contributed by atoms with Crippen molar-refractivity contribution in [2.45, 2.75) is 19.3 Å². The average Bonchev–Trinajstić information content (AvgIpc) is 2.40. The smallest absolute Gasteiger partial charge is 0.306 e. The van der Waals surface area contributed by atoms with Gasteiger partial charge in [-0.15, -0.1) is 0 Å². The molecule has 0 saturated carbocycles. The van der Waals surface area contributed by atoms with Crippen molar-refractivity contribution in [2.75, 3.05) is 13.1 Å². The van der Waals surface area contributed by atoms with Gasteiger partial charge in [0.25, 0.3) is 0 Å². The summed E-state index contributed by atoms with van der Waals surface area (Å²) in [5.41, 5.74) is 0.753. The molecule has 0 aromatic carbocycles. The van der Waals surface area contributed by atoms with Crippen molar-refractivity contribution in [3.63, 3.8) is 0 Å². The van der Waals surface area contributed by atoms with E-state index in [-0.39, 0.29) is 11.8 Å². The maximum absolute atomic E-state index is 12.0. The number of carboxylic acids is 1. The summed E-state index contributed by atoms with van der Waals surface area (Å²) in [6, 6.07) is 5.49. The topological polar surface area (TPSA) is 70.5 Å². The van der Waals surface area contributed by atoms with E-state index >= 15 is 0 Å². The number of pyridine rings is 1. The van der Waals surface area contributed by atoms with E-state index in [2.05, 4.69) is 4.98 Å². The summed E-state index contributed by atoms with van der Waals surface area (Å²) in [4.78, 5) is 28.6. The van der Waals surface area contributed by atoms with Crippen LogP contribution in [-0.4, -0.2) is 40.0 Å².